The van der Waals surface area contributed by atoms with Crippen molar-refractivity contribution in [3.63, 3.8) is 0 Å². The molecule has 0 fully saturated rings. The zero-order valence-electron chi connectivity index (χ0n) is 9.76. The van der Waals surface area contributed by atoms with E-state index in [0.717, 1.165) is 6.07 Å². The van der Waals surface area contributed by atoms with Crippen molar-refractivity contribution in [3.8, 4) is 0 Å². The zero-order valence-corrected chi connectivity index (χ0v) is 9.76. The van der Waals surface area contributed by atoms with E-state index in [0.29, 0.717) is 0 Å². The molecule has 94 valence electrons. The average Bonchev–Trinajstić information content (AvgIpc) is 2.31. The molecule has 17 heavy (non-hydrogen) atoms. The van der Waals surface area contributed by atoms with Crippen LogP contribution in [0, 0.1) is 24.5 Å². The van der Waals surface area contributed by atoms with Crippen LogP contribution < -0.4 is 5.32 Å². The van der Waals surface area contributed by atoms with Crippen molar-refractivity contribution in [2.75, 3.05) is 13.2 Å². The first-order valence-electron chi connectivity index (χ1n) is 5.31. The molecule has 1 aromatic rings. The normalized spacial score (nSPS) is 12.3. The Morgan fingerprint density at radius 2 is 2.12 bits per heavy atom. The lowest BCUT2D eigenvalue weighted by Crippen LogP contribution is -2.31. The van der Waals surface area contributed by atoms with E-state index in [1.165, 1.54) is 13.0 Å². The van der Waals surface area contributed by atoms with Gasteiger partial charge in [0.15, 0.2) is 0 Å². The minimum atomic E-state index is -0.887. The first kappa shape index (κ1) is 13.6. The number of aliphatic hydroxyl groups excluding tert-OH is 1. The van der Waals surface area contributed by atoms with Gasteiger partial charge in [-0.2, -0.15) is 0 Å². The van der Waals surface area contributed by atoms with E-state index in [1.54, 1.807) is 6.92 Å². The van der Waals surface area contributed by atoms with Crippen molar-refractivity contribution in [1.82, 2.24) is 5.32 Å². The van der Waals surface area contributed by atoms with Gasteiger partial charge in [0.25, 0.3) is 5.91 Å². The number of amides is 1. The van der Waals surface area contributed by atoms with Crippen molar-refractivity contribution in [1.29, 1.82) is 0 Å². The summed E-state index contributed by atoms with van der Waals surface area (Å²) in [6.45, 7) is 3.24. The van der Waals surface area contributed by atoms with Gasteiger partial charge in [0.1, 0.15) is 17.2 Å². The third kappa shape index (κ3) is 3.23. The molecule has 0 heterocycles. The van der Waals surface area contributed by atoms with Crippen LogP contribution >= 0.6 is 0 Å². The summed E-state index contributed by atoms with van der Waals surface area (Å²) >= 11 is 0. The molecule has 0 spiro atoms. The maximum atomic E-state index is 13.6. The molecule has 0 saturated carbocycles. The largest absolute Gasteiger partial charge is 0.396 e. The Bertz CT molecular complexity index is 421. The van der Waals surface area contributed by atoms with Crippen molar-refractivity contribution in [3.05, 3.63) is 34.9 Å². The molecule has 1 unspecified atom stereocenters. The number of aliphatic hydroxyl groups is 1. The van der Waals surface area contributed by atoms with Crippen LogP contribution in [0.4, 0.5) is 8.78 Å². The molecule has 0 aromatic heterocycles. The van der Waals surface area contributed by atoms with Gasteiger partial charge in [-0.15, -0.1) is 0 Å². The van der Waals surface area contributed by atoms with Crippen molar-refractivity contribution >= 4 is 5.91 Å². The molecule has 0 bridgehead atoms. The maximum absolute atomic E-state index is 13.6. The number of aryl methyl sites for hydroxylation is 1. The molecule has 0 saturated heterocycles. The van der Waals surface area contributed by atoms with Gasteiger partial charge >= 0.3 is 0 Å². The number of rotatable bonds is 4. The van der Waals surface area contributed by atoms with Crippen LogP contribution in [0.25, 0.3) is 0 Å². The third-order valence-electron chi connectivity index (χ3n) is 2.43. The summed E-state index contributed by atoms with van der Waals surface area (Å²) in [5, 5.41) is 11.2. The lowest BCUT2D eigenvalue weighted by molar-refractivity contribution is 0.0933. The van der Waals surface area contributed by atoms with Crippen LogP contribution in [0.15, 0.2) is 12.1 Å². The molecule has 1 rings (SSSR count). The van der Waals surface area contributed by atoms with Crippen molar-refractivity contribution in [2.45, 2.75) is 13.8 Å². The fourth-order valence-electron chi connectivity index (χ4n) is 1.28. The van der Waals surface area contributed by atoms with Gasteiger partial charge in [-0.05, 0) is 24.5 Å². The van der Waals surface area contributed by atoms with E-state index in [-0.39, 0.29) is 24.6 Å². The van der Waals surface area contributed by atoms with Gasteiger partial charge < -0.3 is 10.4 Å². The molecule has 0 aliphatic heterocycles. The average molecular weight is 243 g/mol. The Balaban J connectivity index is 2.86. The summed E-state index contributed by atoms with van der Waals surface area (Å²) < 4.78 is 26.9. The molecular weight excluding hydrogens is 228 g/mol. The van der Waals surface area contributed by atoms with Crippen LogP contribution in [0.1, 0.15) is 22.8 Å². The smallest absolute Gasteiger partial charge is 0.257 e. The van der Waals surface area contributed by atoms with Crippen LogP contribution in [0.3, 0.4) is 0 Å². The summed E-state index contributed by atoms with van der Waals surface area (Å²) in [4.78, 5) is 11.6. The number of carbonyl (C=O) groups excluding carboxylic acids is 1. The molecule has 5 heteroatoms. The molecule has 1 aromatic carbocycles. The minimum absolute atomic E-state index is 0.0982. The SMILES string of the molecule is Cc1ccc(F)c(C(=O)NCC(C)CO)c1F. The predicted octanol–water partition coefficient (Wildman–Crippen LogP) is 1.63. The summed E-state index contributed by atoms with van der Waals surface area (Å²) in [5.41, 5.74) is -0.359. The van der Waals surface area contributed by atoms with E-state index in [9.17, 15) is 13.6 Å². The Morgan fingerprint density at radius 1 is 1.47 bits per heavy atom. The fraction of sp³-hybridized carbons (Fsp3) is 0.417. The first-order valence-corrected chi connectivity index (χ1v) is 5.31. The van der Waals surface area contributed by atoms with Gasteiger partial charge in [0.05, 0.1) is 0 Å². The molecule has 0 aliphatic rings. The summed E-state index contributed by atoms with van der Waals surface area (Å²) in [6, 6.07) is 2.33. The summed E-state index contributed by atoms with van der Waals surface area (Å²) in [5.74, 6) is -2.69. The van der Waals surface area contributed by atoms with Gasteiger partial charge in [-0.1, -0.05) is 13.0 Å². The second-order valence-corrected chi connectivity index (χ2v) is 4.05. The standard InChI is InChI=1S/C12H15F2NO2/c1-7(6-16)5-15-12(17)10-9(13)4-3-8(2)11(10)14/h3-4,7,16H,5-6H2,1-2H3,(H,15,17). The highest BCUT2D eigenvalue weighted by molar-refractivity contribution is 5.94. The quantitative estimate of drug-likeness (QED) is 0.844. The maximum Gasteiger partial charge on any atom is 0.257 e. The highest BCUT2D eigenvalue weighted by Gasteiger charge is 2.19. The van der Waals surface area contributed by atoms with Crippen LogP contribution in [0.5, 0.6) is 0 Å². The van der Waals surface area contributed by atoms with Crippen LogP contribution in [-0.4, -0.2) is 24.2 Å². The minimum Gasteiger partial charge on any atom is -0.396 e. The summed E-state index contributed by atoms with van der Waals surface area (Å²) in [7, 11) is 0. The van der Waals surface area contributed by atoms with Crippen LogP contribution in [-0.2, 0) is 0 Å². The van der Waals surface area contributed by atoms with E-state index < -0.39 is 23.1 Å². The molecule has 0 aliphatic carbocycles. The number of benzene rings is 1. The molecular formula is C12H15F2NO2. The van der Waals surface area contributed by atoms with Gasteiger partial charge in [0, 0.05) is 13.2 Å². The van der Waals surface area contributed by atoms with Gasteiger partial charge in [-0.3, -0.25) is 4.79 Å². The van der Waals surface area contributed by atoms with Crippen LogP contribution in [0.2, 0.25) is 0 Å². The monoisotopic (exact) mass is 243 g/mol. The lowest BCUT2D eigenvalue weighted by Gasteiger charge is -2.11. The van der Waals surface area contributed by atoms with E-state index in [2.05, 4.69) is 5.32 Å². The van der Waals surface area contributed by atoms with Crippen molar-refractivity contribution in [2.24, 2.45) is 5.92 Å². The van der Waals surface area contributed by atoms with E-state index in [1.807, 2.05) is 0 Å². The number of hydrogen-bond acceptors (Lipinski definition) is 2. The summed E-state index contributed by atoms with van der Waals surface area (Å²) in [6.07, 6.45) is 0. The fourth-order valence-corrected chi connectivity index (χ4v) is 1.28. The first-order chi connectivity index (χ1) is 7.97. The topological polar surface area (TPSA) is 49.3 Å². The Hall–Kier alpha value is -1.49. The third-order valence-corrected chi connectivity index (χ3v) is 2.43. The molecule has 1 atom stereocenters. The highest BCUT2D eigenvalue weighted by atomic mass is 19.1. The predicted molar refractivity (Wildman–Crippen MR) is 59.7 cm³/mol. The highest BCUT2D eigenvalue weighted by Crippen LogP contribution is 2.16. The number of carbonyl (C=O) groups is 1. The van der Waals surface area contributed by atoms with Gasteiger partial charge in [0.2, 0.25) is 0 Å². The molecule has 0 radical (unpaired) electrons. The number of nitrogens with one attached hydrogen (secondary N) is 1. The van der Waals surface area contributed by atoms with E-state index in [4.69, 9.17) is 5.11 Å². The number of halogens is 2. The lowest BCUT2D eigenvalue weighted by atomic mass is 10.1. The zero-order chi connectivity index (χ0) is 13.0. The molecule has 3 nitrogen and oxygen atoms in total. The Kier molecular flexibility index (Phi) is 4.57. The molecule has 1 amide bonds. The Labute approximate surface area is 98.5 Å². The Morgan fingerprint density at radius 3 is 2.71 bits per heavy atom. The van der Waals surface area contributed by atoms with E-state index >= 15 is 0 Å². The second-order valence-electron chi connectivity index (χ2n) is 4.05. The number of hydrogen-bond donors (Lipinski definition) is 2. The van der Waals surface area contributed by atoms with Gasteiger partial charge in [-0.25, -0.2) is 8.78 Å². The second kappa shape index (κ2) is 5.72. The van der Waals surface area contributed by atoms with Crippen molar-refractivity contribution < 1.29 is 18.7 Å². The molecule has 2 N–H and O–H groups in total.